The second-order valence-corrected chi connectivity index (χ2v) is 6.40. The maximum atomic E-state index is 5.41. The van der Waals surface area contributed by atoms with Crippen molar-refractivity contribution in [1.82, 2.24) is 9.97 Å². The monoisotopic (exact) mass is 278 g/mol. The molecule has 20 heavy (non-hydrogen) atoms. The summed E-state index contributed by atoms with van der Waals surface area (Å²) in [6, 6.07) is 0.440. The van der Waals surface area contributed by atoms with Crippen LogP contribution in [-0.4, -0.2) is 36.3 Å². The van der Waals surface area contributed by atoms with E-state index in [-0.39, 0.29) is 5.41 Å². The van der Waals surface area contributed by atoms with E-state index in [1.807, 2.05) is 7.05 Å². The van der Waals surface area contributed by atoms with Crippen LogP contribution in [0.4, 0.5) is 11.6 Å². The average molecular weight is 278 g/mol. The highest BCUT2D eigenvalue weighted by Crippen LogP contribution is 2.27. The highest BCUT2D eigenvalue weighted by Gasteiger charge is 2.22. The lowest BCUT2D eigenvalue weighted by molar-refractivity contribution is 0.0903. The number of nitrogens with zero attached hydrogens (tertiary/aromatic N) is 2. The minimum absolute atomic E-state index is 0.0641. The van der Waals surface area contributed by atoms with E-state index in [0.717, 1.165) is 49.1 Å². The molecule has 2 rings (SSSR count). The van der Waals surface area contributed by atoms with Crippen molar-refractivity contribution in [3.63, 3.8) is 0 Å². The maximum Gasteiger partial charge on any atom is 0.138 e. The van der Waals surface area contributed by atoms with Crippen molar-refractivity contribution in [3.8, 4) is 0 Å². The number of hydrogen-bond donors (Lipinski definition) is 2. The van der Waals surface area contributed by atoms with Gasteiger partial charge in [-0.15, -0.1) is 0 Å². The second-order valence-electron chi connectivity index (χ2n) is 6.40. The molecule has 0 bridgehead atoms. The summed E-state index contributed by atoms with van der Waals surface area (Å²) in [6.45, 7) is 10.1. The van der Waals surface area contributed by atoms with Crippen molar-refractivity contribution in [2.24, 2.45) is 0 Å². The van der Waals surface area contributed by atoms with E-state index < -0.39 is 0 Å². The summed E-state index contributed by atoms with van der Waals surface area (Å²) in [5, 5.41) is 6.73. The standard InChI is InChI=1S/C15H26N4O/c1-10-12(16-5)18-14(15(2,3)4)19-13(10)17-11-6-8-20-9-7-11/h11H,6-9H2,1-5H3,(H2,16,17,18,19). The van der Waals surface area contributed by atoms with Crippen LogP contribution in [-0.2, 0) is 10.2 Å². The lowest BCUT2D eigenvalue weighted by Gasteiger charge is -2.26. The lowest BCUT2D eigenvalue weighted by atomic mass is 9.95. The second kappa shape index (κ2) is 5.95. The smallest absolute Gasteiger partial charge is 0.138 e. The van der Waals surface area contributed by atoms with Crippen LogP contribution in [0.25, 0.3) is 0 Å². The molecule has 0 unspecified atom stereocenters. The van der Waals surface area contributed by atoms with Crippen LogP contribution in [0.15, 0.2) is 0 Å². The van der Waals surface area contributed by atoms with Crippen LogP contribution < -0.4 is 10.6 Å². The maximum absolute atomic E-state index is 5.41. The molecule has 112 valence electrons. The predicted octanol–water partition coefficient (Wildman–Crippen LogP) is 2.72. The molecule has 0 spiro atoms. The molecule has 5 nitrogen and oxygen atoms in total. The van der Waals surface area contributed by atoms with E-state index in [1.165, 1.54) is 0 Å². The third-order valence-electron chi connectivity index (χ3n) is 3.62. The zero-order valence-corrected chi connectivity index (χ0v) is 13.2. The molecule has 1 aliphatic heterocycles. The number of aromatic nitrogens is 2. The Bertz CT molecular complexity index is 462. The number of anilines is 2. The van der Waals surface area contributed by atoms with Gasteiger partial charge in [0.1, 0.15) is 17.5 Å². The van der Waals surface area contributed by atoms with Gasteiger partial charge in [0.05, 0.1) is 0 Å². The van der Waals surface area contributed by atoms with E-state index in [9.17, 15) is 0 Å². The zero-order chi connectivity index (χ0) is 14.8. The van der Waals surface area contributed by atoms with Gasteiger partial charge in [0, 0.05) is 37.3 Å². The number of hydrogen-bond acceptors (Lipinski definition) is 5. The summed E-state index contributed by atoms with van der Waals surface area (Å²) in [6.07, 6.45) is 2.06. The molecular formula is C15H26N4O. The average Bonchev–Trinajstić information content (AvgIpc) is 2.41. The normalized spacial score (nSPS) is 17.1. The molecule has 1 saturated heterocycles. The number of ether oxygens (including phenoxy) is 1. The summed E-state index contributed by atoms with van der Waals surface area (Å²) >= 11 is 0. The molecule has 0 radical (unpaired) electrons. The van der Waals surface area contributed by atoms with Gasteiger partial charge < -0.3 is 15.4 Å². The Hall–Kier alpha value is -1.36. The van der Waals surface area contributed by atoms with E-state index in [1.54, 1.807) is 0 Å². The third kappa shape index (κ3) is 3.39. The lowest BCUT2D eigenvalue weighted by Crippen LogP contribution is -2.29. The van der Waals surface area contributed by atoms with E-state index >= 15 is 0 Å². The Morgan fingerprint density at radius 2 is 1.70 bits per heavy atom. The fourth-order valence-electron chi connectivity index (χ4n) is 2.27. The summed E-state index contributed by atoms with van der Waals surface area (Å²) < 4.78 is 5.41. The molecule has 1 fully saturated rings. The van der Waals surface area contributed by atoms with Gasteiger partial charge in [-0.1, -0.05) is 20.8 Å². The van der Waals surface area contributed by atoms with E-state index in [4.69, 9.17) is 9.72 Å². The molecule has 1 aromatic heterocycles. The highest BCUT2D eigenvalue weighted by atomic mass is 16.5. The van der Waals surface area contributed by atoms with Crippen molar-refractivity contribution in [3.05, 3.63) is 11.4 Å². The van der Waals surface area contributed by atoms with Gasteiger partial charge >= 0.3 is 0 Å². The Morgan fingerprint density at radius 3 is 2.25 bits per heavy atom. The fraction of sp³-hybridized carbons (Fsp3) is 0.733. The van der Waals surface area contributed by atoms with Gasteiger partial charge in [0.25, 0.3) is 0 Å². The van der Waals surface area contributed by atoms with Gasteiger partial charge in [0.2, 0.25) is 0 Å². The molecule has 2 heterocycles. The van der Waals surface area contributed by atoms with Gasteiger partial charge in [-0.2, -0.15) is 0 Å². The molecule has 0 saturated carbocycles. The Kier molecular flexibility index (Phi) is 4.48. The van der Waals surface area contributed by atoms with Crippen LogP contribution in [0.1, 0.15) is 45.0 Å². The van der Waals surface area contributed by atoms with Crippen LogP contribution >= 0.6 is 0 Å². The van der Waals surface area contributed by atoms with Gasteiger partial charge in [-0.3, -0.25) is 0 Å². The quantitative estimate of drug-likeness (QED) is 0.890. The van der Waals surface area contributed by atoms with Crippen LogP contribution in [0, 0.1) is 6.92 Å². The first-order valence-corrected chi connectivity index (χ1v) is 7.33. The minimum Gasteiger partial charge on any atom is -0.381 e. The van der Waals surface area contributed by atoms with Crippen molar-refractivity contribution in [1.29, 1.82) is 0 Å². The largest absolute Gasteiger partial charge is 0.381 e. The minimum atomic E-state index is -0.0641. The van der Waals surface area contributed by atoms with Crippen LogP contribution in [0.5, 0.6) is 0 Å². The molecule has 1 aliphatic rings. The number of nitrogens with one attached hydrogen (secondary N) is 2. The first-order chi connectivity index (χ1) is 9.41. The first-order valence-electron chi connectivity index (χ1n) is 7.33. The molecule has 5 heteroatoms. The Morgan fingerprint density at radius 1 is 1.10 bits per heavy atom. The summed E-state index contributed by atoms with van der Waals surface area (Å²) in [7, 11) is 1.90. The summed E-state index contributed by atoms with van der Waals surface area (Å²) in [5.41, 5.74) is 1.01. The van der Waals surface area contributed by atoms with Crippen molar-refractivity contribution >= 4 is 11.6 Å². The van der Waals surface area contributed by atoms with E-state index in [0.29, 0.717) is 6.04 Å². The Labute approximate surface area is 121 Å². The molecular weight excluding hydrogens is 252 g/mol. The van der Waals surface area contributed by atoms with Gasteiger partial charge in [0.15, 0.2) is 0 Å². The molecule has 2 N–H and O–H groups in total. The third-order valence-corrected chi connectivity index (χ3v) is 3.62. The van der Waals surface area contributed by atoms with Crippen LogP contribution in [0.3, 0.4) is 0 Å². The van der Waals surface area contributed by atoms with Gasteiger partial charge in [-0.25, -0.2) is 9.97 Å². The highest BCUT2D eigenvalue weighted by molar-refractivity contribution is 5.57. The van der Waals surface area contributed by atoms with Crippen LogP contribution in [0.2, 0.25) is 0 Å². The van der Waals surface area contributed by atoms with Crippen molar-refractivity contribution in [2.45, 2.75) is 52.0 Å². The SMILES string of the molecule is CNc1nc(C(C)(C)C)nc(NC2CCOCC2)c1C. The molecule has 0 aliphatic carbocycles. The fourth-order valence-corrected chi connectivity index (χ4v) is 2.27. The van der Waals surface area contributed by atoms with Crippen molar-refractivity contribution < 1.29 is 4.74 Å². The predicted molar refractivity (Wildman–Crippen MR) is 82.5 cm³/mol. The summed E-state index contributed by atoms with van der Waals surface area (Å²) in [4.78, 5) is 9.37. The Balaban J connectivity index is 2.30. The molecule has 0 aromatic carbocycles. The molecule has 0 amide bonds. The van der Waals surface area contributed by atoms with E-state index in [2.05, 4.69) is 43.3 Å². The van der Waals surface area contributed by atoms with Gasteiger partial charge in [-0.05, 0) is 19.8 Å². The molecule has 0 atom stereocenters. The number of rotatable bonds is 3. The topological polar surface area (TPSA) is 59.1 Å². The summed E-state index contributed by atoms with van der Waals surface area (Å²) in [5.74, 6) is 2.71. The molecule has 1 aromatic rings. The van der Waals surface area contributed by atoms with Crippen molar-refractivity contribution in [2.75, 3.05) is 30.9 Å². The first kappa shape index (κ1) is 15.0. The zero-order valence-electron chi connectivity index (χ0n) is 13.2.